The van der Waals surface area contributed by atoms with Gasteiger partial charge in [-0.25, -0.2) is 4.68 Å². The summed E-state index contributed by atoms with van der Waals surface area (Å²) in [5.41, 5.74) is 2.41. The highest BCUT2D eigenvalue weighted by molar-refractivity contribution is 7.98. The van der Waals surface area contributed by atoms with Crippen LogP contribution < -0.4 is 15.3 Å². The number of hydrogen-bond acceptors (Lipinski definition) is 6. The van der Waals surface area contributed by atoms with Crippen molar-refractivity contribution in [3.8, 4) is 11.5 Å². The van der Waals surface area contributed by atoms with E-state index in [1.165, 1.54) is 22.0 Å². The number of rotatable bonds is 8. The Morgan fingerprint density at radius 2 is 1.85 bits per heavy atom. The van der Waals surface area contributed by atoms with Gasteiger partial charge in [-0.05, 0) is 41.3 Å². The van der Waals surface area contributed by atoms with E-state index >= 15 is 0 Å². The summed E-state index contributed by atoms with van der Waals surface area (Å²) in [4.78, 5) is 0. The molecule has 1 heterocycles. The molecular weight excluding hydrogens is 360 g/mol. The van der Waals surface area contributed by atoms with Gasteiger partial charge in [-0.2, -0.15) is 0 Å². The highest BCUT2D eigenvalue weighted by atomic mass is 32.2. The van der Waals surface area contributed by atoms with E-state index < -0.39 is 0 Å². The molecule has 142 valence electrons. The molecular formula is C20H24N4O2S. The van der Waals surface area contributed by atoms with Crippen LogP contribution >= 0.6 is 11.8 Å². The quantitative estimate of drug-likeness (QED) is 0.467. The lowest BCUT2D eigenvalue weighted by molar-refractivity contribution is 0.291. The largest absolute Gasteiger partial charge is 0.497 e. The zero-order valence-corrected chi connectivity index (χ0v) is 16.6. The van der Waals surface area contributed by atoms with Crippen molar-refractivity contribution in [1.82, 2.24) is 14.9 Å². The number of thioether (sulfide) groups is 1. The first-order chi connectivity index (χ1) is 13.1. The third kappa shape index (κ3) is 4.95. The maximum absolute atomic E-state index is 6.12. The van der Waals surface area contributed by atoms with Crippen molar-refractivity contribution in [2.45, 2.75) is 37.3 Å². The molecule has 0 unspecified atom stereocenters. The van der Waals surface area contributed by atoms with Crippen molar-refractivity contribution >= 4 is 11.8 Å². The molecule has 2 N–H and O–H groups in total. The second-order valence-corrected chi connectivity index (χ2v) is 7.36. The molecule has 2 aromatic carbocycles. The Balaban J connectivity index is 1.58. The fraction of sp³-hybridized carbons (Fsp3) is 0.300. The summed E-state index contributed by atoms with van der Waals surface area (Å²) in [7, 11) is 1.66. The molecule has 0 fully saturated rings. The molecule has 3 aromatic rings. The Bertz CT molecular complexity index is 878. The first-order valence-electron chi connectivity index (χ1n) is 8.74. The standard InChI is InChI=1S/C20H24N4O2S/c1-14(2)16-7-9-17(10-8-16)26-12-19-22-23-20(24(19)21)27-13-15-5-4-6-18(11-15)25-3/h4-11,14H,12-13,21H2,1-3H3. The van der Waals surface area contributed by atoms with Crippen molar-refractivity contribution in [2.75, 3.05) is 13.0 Å². The minimum absolute atomic E-state index is 0.268. The second kappa shape index (κ2) is 8.81. The van der Waals surface area contributed by atoms with Crippen molar-refractivity contribution in [3.63, 3.8) is 0 Å². The topological polar surface area (TPSA) is 75.2 Å². The van der Waals surface area contributed by atoms with E-state index in [1.54, 1.807) is 7.11 Å². The van der Waals surface area contributed by atoms with Gasteiger partial charge in [0.05, 0.1) is 7.11 Å². The Labute approximate surface area is 163 Å². The lowest BCUT2D eigenvalue weighted by atomic mass is 10.0. The van der Waals surface area contributed by atoms with Crippen LogP contribution in [0, 0.1) is 0 Å². The fourth-order valence-corrected chi connectivity index (χ4v) is 3.33. The molecule has 0 bridgehead atoms. The summed E-state index contributed by atoms with van der Waals surface area (Å²) in [5.74, 6) is 9.54. The van der Waals surface area contributed by atoms with Gasteiger partial charge in [-0.3, -0.25) is 0 Å². The van der Waals surface area contributed by atoms with Crippen LogP contribution in [0.5, 0.6) is 11.5 Å². The normalized spacial score (nSPS) is 11.0. The van der Waals surface area contributed by atoms with Gasteiger partial charge in [0.2, 0.25) is 5.16 Å². The van der Waals surface area contributed by atoms with Crippen LogP contribution in [0.15, 0.2) is 53.7 Å². The Hall–Kier alpha value is -2.67. The number of methoxy groups -OCH3 is 1. The zero-order chi connectivity index (χ0) is 19.2. The third-order valence-electron chi connectivity index (χ3n) is 4.15. The first kappa shape index (κ1) is 19.1. The van der Waals surface area contributed by atoms with E-state index in [9.17, 15) is 0 Å². The Kier molecular flexibility index (Phi) is 6.24. The van der Waals surface area contributed by atoms with Crippen LogP contribution in [-0.4, -0.2) is 22.0 Å². The number of nitrogen functional groups attached to an aromatic ring is 1. The summed E-state index contributed by atoms with van der Waals surface area (Å²) in [6, 6.07) is 16.0. The maximum atomic E-state index is 6.12. The number of nitrogens with zero attached hydrogens (tertiary/aromatic N) is 3. The van der Waals surface area contributed by atoms with Crippen LogP contribution in [0.2, 0.25) is 0 Å². The SMILES string of the molecule is COc1cccc(CSc2nnc(COc3ccc(C(C)C)cc3)n2N)c1. The van der Waals surface area contributed by atoms with Gasteiger partial charge in [0, 0.05) is 5.75 Å². The van der Waals surface area contributed by atoms with Crippen molar-refractivity contribution in [3.05, 3.63) is 65.5 Å². The van der Waals surface area contributed by atoms with E-state index in [2.05, 4.69) is 36.2 Å². The average molecular weight is 385 g/mol. The molecule has 0 aliphatic rings. The molecule has 0 aliphatic heterocycles. The van der Waals surface area contributed by atoms with Crippen LogP contribution in [0.4, 0.5) is 0 Å². The molecule has 0 spiro atoms. The van der Waals surface area contributed by atoms with Crippen LogP contribution in [0.1, 0.15) is 36.7 Å². The predicted octanol–water partition coefficient (Wildman–Crippen LogP) is 4.00. The van der Waals surface area contributed by atoms with Gasteiger partial charge in [0.15, 0.2) is 5.82 Å². The molecule has 0 radical (unpaired) electrons. The van der Waals surface area contributed by atoms with Gasteiger partial charge >= 0.3 is 0 Å². The third-order valence-corrected chi connectivity index (χ3v) is 5.17. The lowest BCUT2D eigenvalue weighted by Gasteiger charge is -2.09. The van der Waals surface area contributed by atoms with Crippen LogP contribution in [-0.2, 0) is 12.4 Å². The molecule has 27 heavy (non-hydrogen) atoms. The van der Waals surface area contributed by atoms with E-state index in [-0.39, 0.29) is 6.61 Å². The van der Waals surface area contributed by atoms with E-state index in [4.69, 9.17) is 15.3 Å². The van der Waals surface area contributed by atoms with Crippen LogP contribution in [0.3, 0.4) is 0 Å². The predicted molar refractivity (Wildman–Crippen MR) is 108 cm³/mol. The Morgan fingerprint density at radius 1 is 1.07 bits per heavy atom. The molecule has 0 atom stereocenters. The van der Waals surface area contributed by atoms with Gasteiger partial charge in [0.1, 0.15) is 18.1 Å². The number of benzene rings is 2. The van der Waals surface area contributed by atoms with E-state index in [0.717, 1.165) is 22.8 Å². The number of hydrogen-bond donors (Lipinski definition) is 1. The molecule has 1 aromatic heterocycles. The molecule has 0 saturated heterocycles. The Morgan fingerprint density at radius 3 is 2.56 bits per heavy atom. The first-order valence-corrected chi connectivity index (χ1v) is 9.73. The van der Waals surface area contributed by atoms with Gasteiger partial charge in [-0.1, -0.05) is 49.9 Å². The monoisotopic (exact) mass is 384 g/mol. The summed E-state index contributed by atoms with van der Waals surface area (Å²) in [6.45, 7) is 4.60. The van der Waals surface area contributed by atoms with E-state index in [0.29, 0.717) is 16.9 Å². The number of ether oxygens (including phenoxy) is 2. The molecule has 0 amide bonds. The highest BCUT2D eigenvalue weighted by Crippen LogP contribution is 2.23. The smallest absolute Gasteiger partial charge is 0.210 e. The molecule has 7 heteroatoms. The van der Waals surface area contributed by atoms with Crippen molar-refractivity contribution in [1.29, 1.82) is 0 Å². The summed E-state index contributed by atoms with van der Waals surface area (Å²) in [6.07, 6.45) is 0. The molecule has 6 nitrogen and oxygen atoms in total. The van der Waals surface area contributed by atoms with Crippen molar-refractivity contribution < 1.29 is 9.47 Å². The number of aromatic nitrogens is 3. The van der Waals surface area contributed by atoms with Gasteiger partial charge in [-0.15, -0.1) is 10.2 Å². The highest BCUT2D eigenvalue weighted by Gasteiger charge is 2.11. The fourth-order valence-electron chi connectivity index (χ4n) is 2.51. The van der Waals surface area contributed by atoms with Crippen LogP contribution in [0.25, 0.3) is 0 Å². The van der Waals surface area contributed by atoms with E-state index in [1.807, 2.05) is 36.4 Å². The molecule has 0 saturated carbocycles. The summed E-state index contributed by atoms with van der Waals surface area (Å²) >= 11 is 1.52. The maximum Gasteiger partial charge on any atom is 0.210 e. The minimum atomic E-state index is 0.268. The van der Waals surface area contributed by atoms with Gasteiger partial charge < -0.3 is 15.3 Å². The molecule has 0 aliphatic carbocycles. The summed E-state index contributed by atoms with van der Waals surface area (Å²) < 4.78 is 12.5. The van der Waals surface area contributed by atoms with Gasteiger partial charge in [0.25, 0.3) is 0 Å². The summed E-state index contributed by atoms with van der Waals surface area (Å²) in [5, 5.41) is 8.95. The molecule has 3 rings (SSSR count). The lowest BCUT2D eigenvalue weighted by Crippen LogP contribution is -2.15. The second-order valence-electron chi connectivity index (χ2n) is 6.42. The zero-order valence-electron chi connectivity index (χ0n) is 15.8. The number of nitrogens with two attached hydrogens (primary N) is 1. The minimum Gasteiger partial charge on any atom is -0.497 e. The average Bonchev–Trinajstić information content (AvgIpc) is 3.05. The van der Waals surface area contributed by atoms with Crippen molar-refractivity contribution in [2.24, 2.45) is 0 Å².